The molecular formula is C15H16N8O2. The number of hydrogen-bond donors (Lipinski definition) is 1. The molecule has 0 saturated carbocycles. The zero-order valence-electron chi connectivity index (χ0n) is 13.9. The number of pyridine rings is 1. The third-order valence-corrected chi connectivity index (χ3v) is 3.49. The fourth-order valence-electron chi connectivity index (χ4n) is 2.22. The number of nitrogens with zero attached hydrogens (tertiary/aromatic N) is 7. The molecule has 0 unspecified atom stereocenters. The van der Waals surface area contributed by atoms with E-state index in [-0.39, 0.29) is 11.4 Å². The van der Waals surface area contributed by atoms with Gasteiger partial charge in [0, 0.05) is 13.2 Å². The van der Waals surface area contributed by atoms with Gasteiger partial charge in [0.1, 0.15) is 5.56 Å². The second kappa shape index (κ2) is 6.51. The van der Waals surface area contributed by atoms with Crippen molar-refractivity contribution in [3.05, 3.63) is 41.9 Å². The lowest BCUT2D eigenvalue weighted by Gasteiger charge is -2.01. The van der Waals surface area contributed by atoms with Crippen molar-refractivity contribution in [1.29, 1.82) is 0 Å². The summed E-state index contributed by atoms with van der Waals surface area (Å²) in [6.45, 7) is 1.76. The van der Waals surface area contributed by atoms with Gasteiger partial charge in [0.2, 0.25) is 0 Å². The summed E-state index contributed by atoms with van der Waals surface area (Å²) in [7, 11) is 2.93. The number of anilines is 1. The predicted octanol–water partition coefficient (Wildman–Crippen LogP) is 2.09. The molecule has 0 amide bonds. The van der Waals surface area contributed by atoms with Crippen molar-refractivity contribution in [2.75, 3.05) is 12.8 Å². The van der Waals surface area contributed by atoms with E-state index in [9.17, 15) is 4.79 Å². The van der Waals surface area contributed by atoms with Crippen molar-refractivity contribution in [2.45, 2.75) is 6.92 Å². The van der Waals surface area contributed by atoms with E-state index in [1.165, 1.54) is 22.7 Å². The summed E-state index contributed by atoms with van der Waals surface area (Å²) in [5, 5.41) is 16.6. The molecule has 0 atom stereocenters. The Labute approximate surface area is 143 Å². The van der Waals surface area contributed by atoms with Crippen molar-refractivity contribution >= 4 is 23.3 Å². The lowest BCUT2D eigenvalue weighted by atomic mass is 10.3. The minimum Gasteiger partial charge on any atom is -0.465 e. The zero-order valence-corrected chi connectivity index (χ0v) is 13.9. The SMILES string of the molecule is COC(=O)c1cnn(C)c1N=Nc1c(C)nn(-c2ccccn2)c1N. The molecule has 25 heavy (non-hydrogen) atoms. The van der Waals surface area contributed by atoms with E-state index >= 15 is 0 Å². The van der Waals surface area contributed by atoms with Crippen molar-refractivity contribution in [1.82, 2.24) is 24.5 Å². The third-order valence-electron chi connectivity index (χ3n) is 3.49. The summed E-state index contributed by atoms with van der Waals surface area (Å²) in [5.41, 5.74) is 7.31. The van der Waals surface area contributed by atoms with Crippen LogP contribution in [0.2, 0.25) is 0 Å². The standard InChI is InChI=1S/C15H16N8O2/c1-9-12(13(16)23(21-9)11-6-4-5-7-17-11)19-20-14-10(15(24)25-3)8-18-22(14)2/h4-8H,16H2,1-3H3. The monoisotopic (exact) mass is 340 g/mol. The highest BCUT2D eigenvalue weighted by atomic mass is 16.5. The van der Waals surface area contributed by atoms with Gasteiger partial charge in [-0.25, -0.2) is 14.5 Å². The molecule has 10 heteroatoms. The molecule has 3 aromatic rings. The van der Waals surface area contributed by atoms with Crippen molar-refractivity contribution < 1.29 is 9.53 Å². The Morgan fingerprint density at radius 1 is 1.32 bits per heavy atom. The highest BCUT2D eigenvalue weighted by Crippen LogP contribution is 2.30. The minimum absolute atomic E-state index is 0.210. The van der Waals surface area contributed by atoms with Crippen LogP contribution in [0.4, 0.5) is 17.3 Å². The summed E-state index contributed by atoms with van der Waals surface area (Å²) < 4.78 is 7.61. The topological polar surface area (TPSA) is 126 Å². The molecule has 10 nitrogen and oxygen atoms in total. The Hall–Kier alpha value is -3.56. The smallest absolute Gasteiger partial charge is 0.343 e. The molecule has 0 saturated heterocycles. The fraction of sp³-hybridized carbons (Fsp3) is 0.200. The molecule has 0 aliphatic carbocycles. The quantitative estimate of drug-likeness (QED) is 0.572. The third kappa shape index (κ3) is 2.96. The molecule has 0 spiro atoms. The summed E-state index contributed by atoms with van der Waals surface area (Å²) in [6.07, 6.45) is 3.01. The van der Waals surface area contributed by atoms with E-state index < -0.39 is 5.97 Å². The van der Waals surface area contributed by atoms with Crippen molar-refractivity contribution in [2.24, 2.45) is 17.3 Å². The van der Waals surface area contributed by atoms with Gasteiger partial charge in [-0.1, -0.05) is 6.07 Å². The molecule has 0 aliphatic rings. The van der Waals surface area contributed by atoms with Gasteiger partial charge in [0.05, 0.1) is 19.0 Å². The maximum absolute atomic E-state index is 11.8. The zero-order chi connectivity index (χ0) is 18.0. The normalized spacial score (nSPS) is 11.2. The summed E-state index contributed by atoms with van der Waals surface area (Å²) in [4.78, 5) is 16.0. The lowest BCUT2D eigenvalue weighted by Crippen LogP contribution is -2.03. The Morgan fingerprint density at radius 2 is 2.12 bits per heavy atom. The van der Waals surface area contributed by atoms with E-state index in [4.69, 9.17) is 10.5 Å². The molecule has 3 heterocycles. The van der Waals surface area contributed by atoms with Crippen LogP contribution in [0.15, 0.2) is 40.8 Å². The number of azo groups is 1. The first-order valence-corrected chi connectivity index (χ1v) is 7.31. The number of ether oxygens (including phenoxy) is 1. The largest absolute Gasteiger partial charge is 0.465 e. The van der Waals surface area contributed by atoms with Crippen LogP contribution < -0.4 is 5.73 Å². The van der Waals surface area contributed by atoms with Gasteiger partial charge in [-0.05, 0) is 19.1 Å². The number of hydrogen-bond acceptors (Lipinski definition) is 8. The van der Waals surface area contributed by atoms with E-state index in [0.29, 0.717) is 23.0 Å². The van der Waals surface area contributed by atoms with Crippen LogP contribution in [0, 0.1) is 6.92 Å². The Morgan fingerprint density at radius 3 is 2.80 bits per heavy atom. The molecule has 0 bridgehead atoms. The molecule has 128 valence electrons. The Balaban J connectivity index is 2.00. The second-order valence-corrected chi connectivity index (χ2v) is 5.12. The highest BCUT2D eigenvalue weighted by Gasteiger charge is 2.18. The molecule has 3 rings (SSSR count). The van der Waals surface area contributed by atoms with Crippen molar-refractivity contribution in [3.8, 4) is 5.82 Å². The number of carbonyl (C=O) groups excluding carboxylic acids is 1. The molecule has 2 N–H and O–H groups in total. The maximum atomic E-state index is 11.8. The minimum atomic E-state index is -0.545. The van der Waals surface area contributed by atoms with Gasteiger partial charge in [-0.15, -0.1) is 10.2 Å². The van der Waals surface area contributed by atoms with Crippen molar-refractivity contribution in [3.63, 3.8) is 0 Å². The highest BCUT2D eigenvalue weighted by molar-refractivity contribution is 5.93. The van der Waals surface area contributed by atoms with Gasteiger partial charge < -0.3 is 10.5 Å². The van der Waals surface area contributed by atoms with Gasteiger partial charge in [-0.3, -0.25) is 0 Å². The van der Waals surface area contributed by atoms with E-state index in [2.05, 4.69) is 25.4 Å². The van der Waals surface area contributed by atoms with E-state index in [1.54, 1.807) is 32.3 Å². The first-order chi connectivity index (χ1) is 12.0. The van der Waals surface area contributed by atoms with E-state index in [0.717, 1.165) is 0 Å². The van der Waals surface area contributed by atoms with Crippen LogP contribution in [0.5, 0.6) is 0 Å². The van der Waals surface area contributed by atoms with Gasteiger partial charge in [0.15, 0.2) is 23.1 Å². The van der Waals surface area contributed by atoms with Crippen LogP contribution in [0.25, 0.3) is 5.82 Å². The van der Waals surface area contributed by atoms with Crippen LogP contribution >= 0.6 is 0 Å². The van der Waals surface area contributed by atoms with Crippen LogP contribution in [-0.2, 0) is 11.8 Å². The van der Waals surface area contributed by atoms with Crippen LogP contribution in [0.1, 0.15) is 16.1 Å². The Bertz CT molecular complexity index is 942. The first-order valence-electron chi connectivity index (χ1n) is 7.31. The fourth-order valence-corrected chi connectivity index (χ4v) is 2.22. The number of nitrogens with two attached hydrogens (primary N) is 1. The first kappa shape index (κ1) is 16.3. The number of aromatic nitrogens is 5. The number of rotatable bonds is 4. The summed E-state index contributed by atoms with van der Waals surface area (Å²) in [6, 6.07) is 5.41. The molecular weight excluding hydrogens is 324 g/mol. The van der Waals surface area contributed by atoms with Gasteiger partial charge in [-0.2, -0.15) is 14.9 Å². The van der Waals surface area contributed by atoms with Crippen LogP contribution in [-0.4, -0.2) is 37.6 Å². The maximum Gasteiger partial charge on any atom is 0.343 e. The summed E-state index contributed by atoms with van der Waals surface area (Å²) >= 11 is 0. The lowest BCUT2D eigenvalue weighted by molar-refractivity contribution is 0.0601. The van der Waals surface area contributed by atoms with Crippen LogP contribution in [0.3, 0.4) is 0 Å². The average Bonchev–Trinajstić information content (AvgIpc) is 3.13. The molecule has 0 aliphatic heterocycles. The van der Waals surface area contributed by atoms with Gasteiger partial charge >= 0.3 is 5.97 Å². The molecule has 0 aromatic carbocycles. The number of esters is 1. The second-order valence-electron chi connectivity index (χ2n) is 5.12. The van der Waals surface area contributed by atoms with Gasteiger partial charge in [0.25, 0.3) is 0 Å². The number of aryl methyl sites for hydroxylation is 2. The number of nitrogen functional groups attached to an aromatic ring is 1. The number of methoxy groups -OCH3 is 1. The molecule has 0 radical (unpaired) electrons. The summed E-state index contributed by atoms with van der Waals surface area (Å²) in [5.74, 6) is 0.578. The van der Waals surface area contributed by atoms with E-state index in [1.807, 2.05) is 6.07 Å². The molecule has 3 aromatic heterocycles. The molecule has 0 fully saturated rings. The Kier molecular flexibility index (Phi) is 4.25. The average molecular weight is 340 g/mol. The number of carbonyl (C=O) groups is 1. The predicted molar refractivity (Wildman–Crippen MR) is 89.2 cm³/mol.